The summed E-state index contributed by atoms with van der Waals surface area (Å²) in [5.41, 5.74) is 13.7. The van der Waals surface area contributed by atoms with E-state index in [2.05, 4.69) is 126 Å². The molecule has 3 nitrogen and oxygen atoms in total. The summed E-state index contributed by atoms with van der Waals surface area (Å²) in [7, 11) is 0. The molecular formula is C45H33IrN3-2. The van der Waals surface area contributed by atoms with Crippen LogP contribution in [0.3, 0.4) is 0 Å². The Morgan fingerprint density at radius 2 is 1.24 bits per heavy atom. The number of rotatable bonds is 5. The molecule has 0 unspecified atom stereocenters. The average Bonchev–Trinajstić information content (AvgIpc) is 3.16. The molecule has 3 aromatic heterocycles. The normalized spacial score (nSPS) is 10.5. The predicted octanol–water partition coefficient (Wildman–Crippen LogP) is 11.3. The molecule has 0 bridgehead atoms. The van der Waals surface area contributed by atoms with Gasteiger partial charge in [0.05, 0.1) is 0 Å². The summed E-state index contributed by atoms with van der Waals surface area (Å²) in [5.74, 6) is 0. The SMILES string of the molecule is Cc1c(-c2ccccc2)cccc1-c1ccc(-c2cc[c-]c(-c3ccccn3)c2)c2cnccc12.Cc1ccnc(-c2[c-]cccc2)c1.[Ir]. The maximum absolute atomic E-state index is 4.50. The molecule has 0 N–H and O–H groups in total. The van der Waals surface area contributed by atoms with E-state index in [-0.39, 0.29) is 20.1 Å². The van der Waals surface area contributed by atoms with Gasteiger partial charge >= 0.3 is 0 Å². The van der Waals surface area contributed by atoms with Crippen LogP contribution in [0.15, 0.2) is 164 Å². The van der Waals surface area contributed by atoms with Crippen LogP contribution in [0.5, 0.6) is 0 Å². The maximum atomic E-state index is 4.50. The number of pyridine rings is 3. The first-order valence-electron chi connectivity index (χ1n) is 16.0. The Labute approximate surface area is 301 Å². The Balaban J connectivity index is 0.000000250. The second-order valence-corrected chi connectivity index (χ2v) is 11.6. The van der Waals surface area contributed by atoms with Crippen LogP contribution in [0.2, 0.25) is 0 Å². The molecule has 3 heterocycles. The first-order chi connectivity index (χ1) is 23.7. The summed E-state index contributed by atoms with van der Waals surface area (Å²) >= 11 is 0. The third-order valence-electron chi connectivity index (χ3n) is 8.48. The summed E-state index contributed by atoms with van der Waals surface area (Å²) in [6.45, 7) is 4.28. The standard InChI is InChI=1S/C33H23N2.C12H10N.Ir/c1-23-27(24-9-3-2-4-10-24)13-8-14-28(23)30-17-16-29(32-22-34-20-18-31(30)32)25-11-7-12-26(21-25)33-15-5-6-19-35-33;1-10-7-8-13-12(9-10)11-5-3-2-4-6-11;/h2-11,13-22H,1H3;2-5,7-9H,1H3;/q2*-1;. The van der Waals surface area contributed by atoms with Crippen LogP contribution in [-0.2, 0) is 20.1 Å². The molecule has 0 amide bonds. The number of aromatic nitrogens is 3. The smallest absolute Gasteiger partial charge is 0.0352 e. The Bertz CT molecular complexity index is 2300. The van der Waals surface area contributed by atoms with Crippen LogP contribution in [0.25, 0.3) is 66.7 Å². The Morgan fingerprint density at radius 3 is 2.04 bits per heavy atom. The molecule has 0 aliphatic rings. The fourth-order valence-corrected chi connectivity index (χ4v) is 6.07. The van der Waals surface area contributed by atoms with E-state index >= 15 is 0 Å². The molecule has 0 fully saturated rings. The summed E-state index contributed by atoms with van der Waals surface area (Å²) in [4.78, 5) is 13.3. The van der Waals surface area contributed by atoms with Gasteiger partial charge in [0.25, 0.3) is 0 Å². The Hall–Kier alpha value is -5.54. The van der Waals surface area contributed by atoms with Gasteiger partial charge in [-0.3, -0.25) is 4.98 Å². The molecule has 0 spiro atoms. The molecule has 1 radical (unpaired) electrons. The van der Waals surface area contributed by atoms with E-state index in [0.29, 0.717) is 0 Å². The van der Waals surface area contributed by atoms with Gasteiger partial charge < -0.3 is 9.97 Å². The molecule has 239 valence electrons. The molecular weight excluding hydrogens is 775 g/mol. The topological polar surface area (TPSA) is 38.7 Å². The van der Waals surface area contributed by atoms with Crippen molar-refractivity contribution in [3.8, 4) is 55.9 Å². The zero-order chi connectivity index (χ0) is 32.7. The van der Waals surface area contributed by atoms with Crippen LogP contribution in [-0.4, -0.2) is 15.0 Å². The third-order valence-corrected chi connectivity index (χ3v) is 8.48. The van der Waals surface area contributed by atoms with E-state index in [1.54, 1.807) is 0 Å². The average molecular weight is 808 g/mol. The quantitative estimate of drug-likeness (QED) is 0.163. The second kappa shape index (κ2) is 15.6. The largest absolute Gasteiger partial charge is 0.305 e. The Morgan fingerprint density at radius 1 is 0.469 bits per heavy atom. The number of hydrogen-bond donors (Lipinski definition) is 0. The van der Waals surface area contributed by atoms with Gasteiger partial charge in [-0.1, -0.05) is 84.4 Å². The van der Waals surface area contributed by atoms with Crippen molar-refractivity contribution in [1.29, 1.82) is 0 Å². The van der Waals surface area contributed by atoms with Crippen LogP contribution >= 0.6 is 0 Å². The van der Waals surface area contributed by atoms with E-state index in [4.69, 9.17) is 0 Å². The van der Waals surface area contributed by atoms with Crippen LogP contribution in [0, 0.1) is 26.0 Å². The van der Waals surface area contributed by atoms with Crippen molar-refractivity contribution in [3.05, 3.63) is 188 Å². The van der Waals surface area contributed by atoms with E-state index in [0.717, 1.165) is 39.0 Å². The molecule has 49 heavy (non-hydrogen) atoms. The van der Waals surface area contributed by atoms with Crippen molar-refractivity contribution in [2.75, 3.05) is 0 Å². The van der Waals surface area contributed by atoms with Gasteiger partial charge in [0, 0.05) is 50.3 Å². The van der Waals surface area contributed by atoms with Gasteiger partial charge in [-0.05, 0) is 82.2 Å². The van der Waals surface area contributed by atoms with Gasteiger partial charge in [0.15, 0.2) is 0 Å². The van der Waals surface area contributed by atoms with Gasteiger partial charge in [-0.2, -0.15) is 0 Å². The van der Waals surface area contributed by atoms with Crippen molar-refractivity contribution in [3.63, 3.8) is 0 Å². The minimum atomic E-state index is 0. The number of nitrogens with zero attached hydrogens (tertiary/aromatic N) is 3. The minimum absolute atomic E-state index is 0. The molecule has 4 heteroatoms. The molecule has 5 aromatic carbocycles. The van der Waals surface area contributed by atoms with E-state index in [1.165, 1.54) is 38.8 Å². The minimum Gasteiger partial charge on any atom is -0.305 e. The third kappa shape index (κ3) is 7.47. The Kier molecular flexibility index (Phi) is 10.6. The van der Waals surface area contributed by atoms with E-state index in [1.807, 2.05) is 79.4 Å². The number of hydrogen-bond acceptors (Lipinski definition) is 3. The summed E-state index contributed by atoms with van der Waals surface area (Å²) in [6, 6.07) is 54.3. The van der Waals surface area contributed by atoms with Crippen molar-refractivity contribution < 1.29 is 20.1 Å². The number of fused-ring (bicyclic) bond motifs is 1. The zero-order valence-electron chi connectivity index (χ0n) is 27.3. The fraction of sp³-hybridized carbons (Fsp3) is 0.0444. The first kappa shape index (κ1) is 33.4. The maximum Gasteiger partial charge on any atom is 0.0352 e. The predicted molar refractivity (Wildman–Crippen MR) is 198 cm³/mol. The van der Waals surface area contributed by atoms with Gasteiger partial charge in [0.2, 0.25) is 0 Å². The van der Waals surface area contributed by atoms with Gasteiger partial charge in [-0.15, -0.1) is 71.3 Å². The molecule has 0 aliphatic heterocycles. The van der Waals surface area contributed by atoms with Crippen molar-refractivity contribution in [1.82, 2.24) is 15.0 Å². The van der Waals surface area contributed by atoms with Crippen molar-refractivity contribution in [2.24, 2.45) is 0 Å². The summed E-state index contributed by atoms with van der Waals surface area (Å²) < 4.78 is 0. The van der Waals surface area contributed by atoms with Crippen LogP contribution < -0.4 is 0 Å². The molecule has 8 rings (SSSR count). The molecule has 0 saturated heterocycles. The van der Waals surface area contributed by atoms with Crippen LogP contribution in [0.1, 0.15) is 11.1 Å². The van der Waals surface area contributed by atoms with E-state index < -0.39 is 0 Å². The van der Waals surface area contributed by atoms with Crippen LogP contribution in [0.4, 0.5) is 0 Å². The second-order valence-electron chi connectivity index (χ2n) is 11.6. The molecule has 0 atom stereocenters. The summed E-state index contributed by atoms with van der Waals surface area (Å²) in [6.07, 6.45) is 7.49. The fourth-order valence-electron chi connectivity index (χ4n) is 6.07. The van der Waals surface area contributed by atoms with Gasteiger partial charge in [-0.25, -0.2) is 0 Å². The summed E-state index contributed by atoms with van der Waals surface area (Å²) in [5, 5.41) is 2.32. The molecule has 0 saturated carbocycles. The number of aryl methyl sites for hydroxylation is 1. The van der Waals surface area contributed by atoms with Crippen molar-refractivity contribution >= 4 is 10.8 Å². The van der Waals surface area contributed by atoms with Gasteiger partial charge in [0.1, 0.15) is 0 Å². The molecule has 0 aliphatic carbocycles. The monoisotopic (exact) mass is 808 g/mol. The van der Waals surface area contributed by atoms with E-state index in [9.17, 15) is 0 Å². The zero-order valence-corrected chi connectivity index (χ0v) is 29.7. The van der Waals surface area contributed by atoms with Crippen molar-refractivity contribution in [2.45, 2.75) is 13.8 Å². The first-order valence-corrected chi connectivity index (χ1v) is 16.0. The number of benzene rings is 5. The molecule has 8 aromatic rings.